The number of nitrogens with zero attached hydrogens (tertiary/aromatic N) is 4. The van der Waals surface area contributed by atoms with Crippen molar-refractivity contribution >= 4 is 28.8 Å². The minimum Gasteiger partial charge on any atom is -0.457 e. The number of pyridine rings is 1. The Morgan fingerprint density at radius 1 is 0.912 bits per heavy atom. The van der Waals surface area contributed by atoms with Crippen molar-refractivity contribution in [3.05, 3.63) is 77.6 Å². The topological polar surface area (TPSA) is 119 Å². The Labute approximate surface area is 190 Å². The summed E-state index contributed by atoms with van der Waals surface area (Å²) in [6.45, 7) is 0. The molecule has 172 valence electrons. The van der Waals surface area contributed by atoms with Crippen LogP contribution in [0.1, 0.15) is 26.4 Å². The van der Waals surface area contributed by atoms with Crippen LogP contribution in [0, 0.1) is 0 Å². The first-order valence-electron chi connectivity index (χ1n) is 9.72. The van der Waals surface area contributed by atoms with Crippen LogP contribution in [0.5, 0.6) is 11.5 Å². The molecule has 2 N–H and O–H groups in total. The van der Waals surface area contributed by atoms with E-state index in [1.807, 2.05) is 0 Å². The summed E-state index contributed by atoms with van der Waals surface area (Å²) in [5.74, 6) is -0.583. The monoisotopic (exact) mass is 468 g/mol. The smallest absolute Gasteiger partial charge is 0.416 e. The number of fused-ring (bicyclic) bond motifs is 1. The predicted molar refractivity (Wildman–Crippen MR) is 114 cm³/mol. The first kappa shape index (κ1) is 22.6. The Bertz CT molecular complexity index is 1390. The highest BCUT2D eigenvalue weighted by molar-refractivity contribution is 6.03. The lowest BCUT2D eigenvalue weighted by Gasteiger charge is -2.09. The second kappa shape index (κ2) is 9.10. The number of anilines is 1. The van der Waals surface area contributed by atoms with Crippen LogP contribution in [0.2, 0.25) is 0 Å². The number of carbonyl (C=O) groups is 2. The van der Waals surface area contributed by atoms with E-state index >= 15 is 0 Å². The van der Waals surface area contributed by atoms with E-state index in [9.17, 15) is 22.8 Å². The zero-order valence-electron chi connectivity index (χ0n) is 17.4. The van der Waals surface area contributed by atoms with Gasteiger partial charge in [0.15, 0.2) is 0 Å². The van der Waals surface area contributed by atoms with E-state index in [2.05, 4.69) is 30.8 Å². The van der Waals surface area contributed by atoms with Crippen molar-refractivity contribution in [3.63, 3.8) is 0 Å². The van der Waals surface area contributed by atoms with Gasteiger partial charge in [-0.3, -0.25) is 19.9 Å². The summed E-state index contributed by atoms with van der Waals surface area (Å²) in [4.78, 5) is 32.2. The molecule has 2 heterocycles. The molecule has 0 atom stereocenters. The molecular formula is C22H15F3N6O3. The van der Waals surface area contributed by atoms with E-state index < -0.39 is 17.6 Å². The van der Waals surface area contributed by atoms with Crippen LogP contribution in [0.3, 0.4) is 0 Å². The Kier molecular flexibility index (Phi) is 6.04. The van der Waals surface area contributed by atoms with E-state index in [4.69, 9.17) is 4.74 Å². The van der Waals surface area contributed by atoms with E-state index in [1.165, 1.54) is 25.4 Å². The fourth-order valence-corrected chi connectivity index (χ4v) is 2.91. The van der Waals surface area contributed by atoms with E-state index in [0.29, 0.717) is 22.5 Å². The number of aromatic nitrogens is 4. The molecule has 0 radical (unpaired) electrons. The third kappa shape index (κ3) is 5.06. The molecule has 0 unspecified atom stereocenters. The number of halogens is 3. The van der Waals surface area contributed by atoms with Crippen LogP contribution in [-0.2, 0) is 6.18 Å². The van der Waals surface area contributed by atoms with Crippen molar-refractivity contribution in [3.8, 4) is 11.5 Å². The molecule has 2 aromatic carbocycles. The first-order valence-corrected chi connectivity index (χ1v) is 9.72. The minimum absolute atomic E-state index is 0.173. The predicted octanol–water partition coefficient (Wildman–Crippen LogP) is 3.84. The molecule has 9 nitrogen and oxygen atoms in total. The Balaban J connectivity index is 1.51. The quantitative estimate of drug-likeness (QED) is 0.457. The molecule has 0 spiro atoms. The number of benzene rings is 2. The summed E-state index contributed by atoms with van der Waals surface area (Å²) in [5, 5.41) is 12.6. The Morgan fingerprint density at radius 2 is 1.71 bits per heavy atom. The lowest BCUT2D eigenvalue weighted by molar-refractivity contribution is -0.137. The van der Waals surface area contributed by atoms with Crippen LogP contribution < -0.4 is 15.4 Å². The normalized spacial score (nSPS) is 11.2. The number of amides is 2. The number of carbonyl (C=O) groups excluding carboxylic acids is 2. The molecule has 0 saturated carbocycles. The fourth-order valence-electron chi connectivity index (χ4n) is 2.91. The molecule has 4 rings (SSSR count). The molecule has 0 aliphatic rings. The summed E-state index contributed by atoms with van der Waals surface area (Å²) in [6.07, 6.45) is -3.14. The zero-order valence-corrected chi connectivity index (χ0v) is 17.4. The molecule has 0 aliphatic heterocycles. The van der Waals surface area contributed by atoms with Gasteiger partial charge < -0.3 is 10.1 Å². The molecule has 2 amide bonds. The van der Waals surface area contributed by atoms with Gasteiger partial charge in [-0.15, -0.1) is 10.2 Å². The van der Waals surface area contributed by atoms with Crippen molar-refractivity contribution < 1.29 is 27.5 Å². The van der Waals surface area contributed by atoms with Crippen molar-refractivity contribution in [1.29, 1.82) is 0 Å². The average molecular weight is 468 g/mol. The number of ether oxygens (including phenoxy) is 1. The van der Waals surface area contributed by atoms with Crippen LogP contribution in [-0.4, -0.2) is 39.0 Å². The molecule has 12 heteroatoms. The summed E-state index contributed by atoms with van der Waals surface area (Å²) >= 11 is 0. The molecule has 34 heavy (non-hydrogen) atoms. The Morgan fingerprint density at radius 3 is 2.47 bits per heavy atom. The maximum atomic E-state index is 12.9. The SMILES string of the molecule is CNC(=O)c1cc(Oc2ccc3nc(NC(=O)c4cccc(C(F)(F)F)c4)nnc3c2)ccn1. The van der Waals surface area contributed by atoms with Gasteiger partial charge >= 0.3 is 6.18 Å². The number of rotatable bonds is 5. The average Bonchev–Trinajstić information content (AvgIpc) is 2.83. The maximum Gasteiger partial charge on any atom is 0.416 e. The van der Waals surface area contributed by atoms with Gasteiger partial charge in [-0.1, -0.05) is 6.07 Å². The molecular weight excluding hydrogens is 453 g/mol. The van der Waals surface area contributed by atoms with Gasteiger partial charge in [0.25, 0.3) is 11.8 Å². The lowest BCUT2D eigenvalue weighted by atomic mass is 10.1. The number of alkyl halides is 3. The summed E-state index contributed by atoms with van der Waals surface area (Å²) in [6, 6.07) is 11.8. The fraction of sp³-hybridized carbons (Fsp3) is 0.0909. The second-order valence-corrected chi connectivity index (χ2v) is 6.88. The van der Waals surface area contributed by atoms with Gasteiger partial charge in [-0.25, -0.2) is 4.98 Å². The van der Waals surface area contributed by atoms with E-state index in [1.54, 1.807) is 24.3 Å². The largest absolute Gasteiger partial charge is 0.457 e. The van der Waals surface area contributed by atoms with Gasteiger partial charge in [-0.2, -0.15) is 13.2 Å². The summed E-state index contributed by atoms with van der Waals surface area (Å²) in [5.41, 5.74) is -0.251. The maximum absolute atomic E-state index is 12.9. The van der Waals surface area contributed by atoms with Crippen molar-refractivity contribution in [1.82, 2.24) is 25.5 Å². The van der Waals surface area contributed by atoms with Crippen molar-refractivity contribution in [2.45, 2.75) is 6.18 Å². The third-order valence-electron chi connectivity index (χ3n) is 4.53. The number of nitrogens with one attached hydrogen (secondary N) is 2. The standard InChI is InChI=1S/C22H15F3N6O3/c1-26-20(33)18-11-15(7-8-27-18)34-14-5-6-16-17(10-14)30-31-21(28-16)29-19(32)12-3-2-4-13(9-12)22(23,24)25/h2-11H,1H3,(H,26,33)(H,28,29,31,32). The molecule has 4 aromatic rings. The number of hydrogen-bond donors (Lipinski definition) is 2. The van der Waals surface area contributed by atoms with E-state index in [-0.39, 0.29) is 23.1 Å². The molecule has 0 bridgehead atoms. The number of hydrogen-bond acceptors (Lipinski definition) is 7. The van der Waals surface area contributed by atoms with Gasteiger partial charge in [0.05, 0.1) is 11.1 Å². The molecule has 0 aliphatic carbocycles. The second-order valence-electron chi connectivity index (χ2n) is 6.88. The van der Waals surface area contributed by atoms with Gasteiger partial charge in [0.2, 0.25) is 5.95 Å². The highest BCUT2D eigenvalue weighted by Gasteiger charge is 2.31. The third-order valence-corrected chi connectivity index (χ3v) is 4.53. The first-order chi connectivity index (χ1) is 16.2. The Hall–Kier alpha value is -4.61. The van der Waals surface area contributed by atoms with Gasteiger partial charge in [0, 0.05) is 30.9 Å². The van der Waals surface area contributed by atoms with Crippen molar-refractivity contribution in [2.24, 2.45) is 0 Å². The molecule has 0 fully saturated rings. The van der Waals surface area contributed by atoms with Crippen molar-refractivity contribution in [2.75, 3.05) is 12.4 Å². The minimum atomic E-state index is -4.57. The van der Waals surface area contributed by atoms with Gasteiger partial charge in [-0.05, 0) is 36.4 Å². The van der Waals surface area contributed by atoms with E-state index in [0.717, 1.165) is 18.2 Å². The van der Waals surface area contributed by atoms with Crippen LogP contribution >= 0.6 is 0 Å². The van der Waals surface area contributed by atoms with Crippen LogP contribution in [0.15, 0.2) is 60.8 Å². The highest BCUT2D eigenvalue weighted by atomic mass is 19.4. The molecule has 0 saturated heterocycles. The van der Waals surface area contributed by atoms with Crippen LogP contribution in [0.4, 0.5) is 19.1 Å². The highest BCUT2D eigenvalue weighted by Crippen LogP contribution is 2.30. The zero-order chi connectivity index (χ0) is 24.3. The van der Waals surface area contributed by atoms with Crippen LogP contribution in [0.25, 0.3) is 11.0 Å². The summed E-state index contributed by atoms with van der Waals surface area (Å²) < 4.78 is 44.4. The lowest BCUT2D eigenvalue weighted by Crippen LogP contribution is -2.18. The van der Waals surface area contributed by atoms with Gasteiger partial charge in [0.1, 0.15) is 22.7 Å². The molecule has 2 aromatic heterocycles. The summed E-state index contributed by atoms with van der Waals surface area (Å²) in [7, 11) is 1.49.